The summed E-state index contributed by atoms with van der Waals surface area (Å²) < 4.78 is 0. The van der Waals surface area contributed by atoms with E-state index in [1.807, 2.05) is 13.8 Å². The van der Waals surface area contributed by atoms with Crippen LogP contribution in [-0.2, 0) is 4.79 Å². The molecule has 0 aliphatic heterocycles. The molecule has 2 aromatic rings. The standard InChI is InChI=1S/C13H14Cl2N4OS/c1-7(10-4-3-9(14)5-11(10)15)16-12(20)6-21-13-17-8(2)18-19-13/h3-5,7H,6H2,1-2H3,(H,16,20)(H,17,18,19). The lowest BCUT2D eigenvalue weighted by Crippen LogP contribution is -2.28. The number of hydrogen-bond donors (Lipinski definition) is 2. The maximum Gasteiger partial charge on any atom is 0.230 e. The second kappa shape index (κ2) is 7.15. The molecule has 0 bridgehead atoms. The highest BCUT2D eigenvalue weighted by Crippen LogP contribution is 2.26. The summed E-state index contributed by atoms with van der Waals surface area (Å²) in [5.74, 6) is 0.854. The van der Waals surface area contributed by atoms with E-state index in [2.05, 4.69) is 20.5 Å². The van der Waals surface area contributed by atoms with E-state index < -0.39 is 0 Å². The highest BCUT2D eigenvalue weighted by atomic mass is 35.5. The Kier molecular flexibility index (Phi) is 5.50. The molecule has 1 amide bonds. The van der Waals surface area contributed by atoms with E-state index in [-0.39, 0.29) is 17.7 Å². The van der Waals surface area contributed by atoms with Gasteiger partial charge >= 0.3 is 0 Å². The van der Waals surface area contributed by atoms with Crippen LogP contribution in [-0.4, -0.2) is 26.8 Å². The Labute approximate surface area is 136 Å². The molecular formula is C13H14Cl2N4OS. The number of amides is 1. The summed E-state index contributed by atoms with van der Waals surface area (Å²) in [6, 6.07) is 5.02. The summed E-state index contributed by atoms with van der Waals surface area (Å²) in [5.41, 5.74) is 0.827. The predicted molar refractivity (Wildman–Crippen MR) is 84.9 cm³/mol. The Hall–Kier alpha value is -1.24. The van der Waals surface area contributed by atoms with Gasteiger partial charge in [-0.1, -0.05) is 41.0 Å². The second-order valence-corrected chi connectivity index (χ2v) is 6.23. The molecule has 21 heavy (non-hydrogen) atoms. The average Bonchev–Trinajstić information content (AvgIpc) is 2.82. The van der Waals surface area contributed by atoms with Crippen LogP contribution in [0.3, 0.4) is 0 Å². The van der Waals surface area contributed by atoms with Gasteiger partial charge in [-0.3, -0.25) is 9.89 Å². The third kappa shape index (κ3) is 4.62. The Morgan fingerprint density at radius 3 is 2.86 bits per heavy atom. The lowest BCUT2D eigenvalue weighted by atomic mass is 10.1. The number of hydrogen-bond acceptors (Lipinski definition) is 4. The normalized spacial score (nSPS) is 12.2. The number of carbonyl (C=O) groups is 1. The molecule has 0 aliphatic carbocycles. The first-order valence-electron chi connectivity index (χ1n) is 6.22. The van der Waals surface area contributed by atoms with Gasteiger partial charge in [0.2, 0.25) is 11.1 Å². The summed E-state index contributed by atoms with van der Waals surface area (Å²) in [4.78, 5) is 16.0. The maximum atomic E-state index is 11.9. The zero-order chi connectivity index (χ0) is 15.4. The first-order valence-corrected chi connectivity index (χ1v) is 7.96. The number of aromatic nitrogens is 3. The number of aromatic amines is 1. The molecule has 112 valence electrons. The van der Waals surface area contributed by atoms with Gasteiger partial charge in [0.25, 0.3) is 0 Å². The van der Waals surface area contributed by atoms with Crippen LogP contribution in [0.15, 0.2) is 23.4 Å². The molecule has 1 atom stereocenters. The molecule has 2 N–H and O–H groups in total. The number of carbonyl (C=O) groups excluding carboxylic acids is 1. The molecule has 0 aliphatic rings. The fourth-order valence-corrected chi connectivity index (χ4v) is 2.96. The predicted octanol–water partition coefficient (Wildman–Crippen LogP) is 3.39. The van der Waals surface area contributed by atoms with Crippen LogP contribution in [0.25, 0.3) is 0 Å². The second-order valence-electron chi connectivity index (χ2n) is 4.45. The van der Waals surface area contributed by atoms with Gasteiger partial charge in [-0.05, 0) is 31.5 Å². The minimum absolute atomic E-state index is 0.110. The van der Waals surface area contributed by atoms with Gasteiger partial charge < -0.3 is 5.32 Å². The van der Waals surface area contributed by atoms with Crippen LogP contribution in [0.1, 0.15) is 24.4 Å². The summed E-state index contributed by atoms with van der Waals surface area (Å²) in [6.07, 6.45) is 0. The first kappa shape index (κ1) is 16.1. The van der Waals surface area contributed by atoms with Crippen molar-refractivity contribution in [3.63, 3.8) is 0 Å². The molecule has 2 rings (SSSR count). The van der Waals surface area contributed by atoms with E-state index in [1.165, 1.54) is 11.8 Å². The van der Waals surface area contributed by atoms with Crippen molar-refractivity contribution in [3.05, 3.63) is 39.6 Å². The van der Waals surface area contributed by atoms with E-state index in [0.29, 0.717) is 15.2 Å². The van der Waals surface area contributed by atoms with Crippen LogP contribution >= 0.6 is 35.0 Å². The molecule has 1 aromatic carbocycles. The number of nitrogens with zero attached hydrogens (tertiary/aromatic N) is 2. The minimum Gasteiger partial charge on any atom is -0.349 e. The van der Waals surface area contributed by atoms with Gasteiger partial charge in [0.15, 0.2) is 0 Å². The van der Waals surface area contributed by atoms with Gasteiger partial charge in [0, 0.05) is 10.0 Å². The van der Waals surface area contributed by atoms with Crippen molar-refractivity contribution in [2.75, 3.05) is 5.75 Å². The smallest absolute Gasteiger partial charge is 0.230 e. The van der Waals surface area contributed by atoms with Crippen LogP contribution in [0.5, 0.6) is 0 Å². The van der Waals surface area contributed by atoms with Crippen molar-refractivity contribution in [2.24, 2.45) is 0 Å². The Bertz CT molecular complexity index is 647. The van der Waals surface area contributed by atoms with Crippen molar-refractivity contribution in [1.82, 2.24) is 20.5 Å². The Morgan fingerprint density at radius 2 is 2.24 bits per heavy atom. The van der Waals surface area contributed by atoms with Crippen molar-refractivity contribution in [1.29, 1.82) is 0 Å². The molecule has 0 spiro atoms. The average molecular weight is 345 g/mol. The molecule has 0 saturated heterocycles. The summed E-state index contributed by atoms with van der Waals surface area (Å²) in [7, 11) is 0. The van der Waals surface area contributed by atoms with Gasteiger partial charge in [-0.2, -0.15) is 0 Å². The number of thioether (sulfide) groups is 1. The molecule has 1 aromatic heterocycles. The third-order valence-corrected chi connectivity index (χ3v) is 4.13. The number of benzene rings is 1. The number of nitrogens with one attached hydrogen (secondary N) is 2. The van der Waals surface area contributed by atoms with Crippen molar-refractivity contribution < 1.29 is 4.79 Å². The molecule has 5 nitrogen and oxygen atoms in total. The Balaban J connectivity index is 1.89. The molecule has 1 heterocycles. The SMILES string of the molecule is Cc1nc(SCC(=O)NC(C)c2ccc(Cl)cc2Cl)n[nH]1. The van der Waals surface area contributed by atoms with Crippen molar-refractivity contribution in [2.45, 2.75) is 25.0 Å². The largest absolute Gasteiger partial charge is 0.349 e. The Morgan fingerprint density at radius 1 is 1.48 bits per heavy atom. The fraction of sp³-hybridized carbons (Fsp3) is 0.308. The van der Waals surface area contributed by atoms with Crippen LogP contribution in [0, 0.1) is 6.92 Å². The van der Waals surface area contributed by atoms with E-state index in [1.54, 1.807) is 18.2 Å². The molecule has 0 fully saturated rings. The highest BCUT2D eigenvalue weighted by molar-refractivity contribution is 7.99. The van der Waals surface area contributed by atoms with Crippen LogP contribution in [0.4, 0.5) is 0 Å². The number of halogens is 2. The monoisotopic (exact) mass is 344 g/mol. The summed E-state index contributed by atoms with van der Waals surface area (Å²) in [5, 5.41) is 11.2. The topological polar surface area (TPSA) is 70.7 Å². The van der Waals surface area contributed by atoms with Crippen molar-refractivity contribution in [3.8, 4) is 0 Å². The maximum absolute atomic E-state index is 11.9. The van der Waals surface area contributed by atoms with Gasteiger partial charge in [-0.15, -0.1) is 5.10 Å². The van der Waals surface area contributed by atoms with E-state index in [0.717, 1.165) is 11.4 Å². The lowest BCUT2D eigenvalue weighted by Gasteiger charge is -2.15. The van der Waals surface area contributed by atoms with E-state index in [4.69, 9.17) is 23.2 Å². The van der Waals surface area contributed by atoms with E-state index in [9.17, 15) is 4.79 Å². The number of rotatable bonds is 5. The third-order valence-electron chi connectivity index (χ3n) is 2.72. The number of aryl methyl sites for hydroxylation is 1. The minimum atomic E-state index is -0.197. The van der Waals surface area contributed by atoms with Crippen molar-refractivity contribution >= 4 is 40.9 Å². The van der Waals surface area contributed by atoms with Crippen LogP contribution < -0.4 is 5.32 Å². The summed E-state index contributed by atoms with van der Waals surface area (Å²) in [6.45, 7) is 3.68. The highest BCUT2D eigenvalue weighted by Gasteiger charge is 2.14. The van der Waals surface area contributed by atoms with Crippen LogP contribution in [0.2, 0.25) is 10.0 Å². The fourth-order valence-electron chi connectivity index (χ4n) is 1.73. The van der Waals surface area contributed by atoms with Gasteiger partial charge in [0.1, 0.15) is 5.82 Å². The number of H-pyrrole nitrogens is 1. The zero-order valence-corrected chi connectivity index (χ0v) is 13.8. The molecule has 1 unspecified atom stereocenters. The molecule has 0 radical (unpaired) electrons. The van der Waals surface area contributed by atoms with Gasteiger partial charge in [-0.25, -0.2) is 4.98 Å². The zero-order valence-electron chi connectivity index (χ0n) is 11.5. The van der Waals surface area contributed by atoms with E-state index >= 15 is 0 Å². The quantitative estimate of drug-likeness (QED) is 0.815. The van der Waals surface area contributed by atoms with Gasteiger partial charge in [0.05, 0.1) is 11.8 Å². The summed E-state index contributed by atoms with van der Waals surface area (Å²) >= 11 is 13.2. The first-order chi connectivity index (χ1) is 9.95. The molecular weight excluding hydrogens is 331 g/mol. The lowest BCUT2D eigenvalue weighted by molar-refractivity contribution is -0.119. The molecule has 0 saturated carbocycles. The molecule has 8 heteroatoms.